The average molecular weight is 698 g/mol. The van der Waals surface area contributed by atoms with Gasteiger partial charge in [-0.2, -0.15) is 9.67 Å². The summed E-state index contributed by atoms with van der Waals surface area (Å²) in [6.45, 7) is -5.88. The van der Waals surface area contributed by atoms with Crippen LogP contribution in [0.3, 0.4) is 0 Å². The van der Waals surface area contributed by atoms with Crippen molar-refractivity contribution >= 4 is 66.1 Å². The Kier molecular flexibility index (Phi) is 8.37. The lowest BCUT2D eigenvalue weighted by Gasteiger charge is -2.28. The molecule has 0 bridgehead atoms. The van der Waals surface area contributed by atoms with Gasteiger partial charge in [-0.15, -0.1) is 9.62 Å². The monoisotopic (exact) mass is 697 g/mol. The van der Waals surface area contributed by atoms with Crippen LogP contribution in [-0.2, 0) is 34.9 Å². The number of hydrogen-bond acceptors (Lipinski definition) is 15. The van der Waals surface area contributed by atoms with Gasteiger partial charge in [0.2, 0.25) is 5.95 Å². The molecule has 10 atom stereocenters. The van der Waals surface area contributed by atoms with Crippen LogP contribution in [0.25, 0.3) is 22.3 Å². The molecular weight excluding hydrogens is 676 g/mol. The van der Waals surface area contributed by atoms with Crippen LogP contribution in [0.1, 0.15) is 12.5 Å². The fourth-order valence-electron chi connectivity index (χ4n) is 5.03. The van der Waals surface area contributed by atoms with E-state index in [1.807, 2.05) is 0 Å². The maximum atomic E-state index is 15.7. The molecule has 0 saturated carbocycles. The van der Waals surface area contributed by atoms with E-state index in [1.54, 1.807) is 0 Å². The number of ether oxygens (including phenoxy) is 2. The second kappa shape index (κ2) is 11.8. The minimum atomic E-state index is -4.34. The van der Waals surface area contributed by atoms with Crippen molar-refractivity contribution in [3.05, 3.63) is 33.4 Å². The number of hydrogen-bond donors (Lipinski definition) is 6. The standard InChI is InChI=1S/C19H20F2N10O9P2S2/c20-7-5(1-32)38-18(31-14-10(28-29-31)16(34)27-19(22)26-14)12(7)42(36,44)37-2-6-11(40-41(35)43)8(21)17(39-6)30-4-25-9-13(30)23-3-24-15(9)33/h3-8,11-12,17-18,32H,1-2H2,(H5-,22,23,24,26,27,29,33,34,35,36,43,44)/p+1/t5-,6-,7-,8+,11-,12-,17-,18-,42?/m1/s1. The highest BCUT2D eigenvalue weighted by molar-refractivity contribution is 8.39. The van der Waals surface area contributed by atoms with Crippen LogP contribution in [0.5, 0.6) is 0 Å². The number of nitrogens with one attached hydrogen (secondary N) is 2. The maximum absolute atomic E-state index is 15.7. The molecule has 236 valence electrons. The lowest BCUT2D eigenvalue weighted by Crippen LogP contribution is -2.34. The molecule has 2 fully saturated rings. The SMILES string of the molecule is Nc1nc2c(nnn2[C@@H]2O[C@H](CO)[C@@H](F)[C@H]2P(O)(=S)OC[C@H]2O[C@@H](n3cnc4c(=O)[nH]cnc43)[C@@H](F)[C@@H]2O[P+](=O)S)c(=O)[nH]1. The number of imidazole rings is 1. The van der Waals surface area contributed by atoms with Gasteiger partial charge in [-0.05, 0) is 16.4 Å². The van der Waals surface area contributed by atoms with Gasteiger partial charge in [-0.1, -0.05) is 5.21 Å². The van der Waals surface area contributed by atoms with Crippen LogP contribution in [-0.4, -0.2) is 104 Å². The molecule has 6 heterocycles. The van der Waals surface area contributed by atoms with E-state index >= 15 is 8.78 Å². The molecule has 0 amide bonds. The zero-order valence-corrected chi connectivity index (χ0v) is 25.2. The van der Waals surface area contributed by atoms with Crippen molar-refractivity contribution in [3.63, 3.8) is 0 Å². The molecule has 2 unspecified atom stereocenters. The van der Waals surface area contributed by atoms with Gasteiger partial charge in [0.1, 0.15) is 36.3 Å². The number of nitrogen functional groups attached to an aromatic ring is 1. The Morgan fingerprint density at radius 2 is 1.91 bits per heavy atom. The summed E-state index contributed by atoms with van der Waals surface area (Å²) < 4.78 is 67.3. The summed E-state index contributed by atoms with van der Waals surface area (Å²) in [5.74, 6) is -0.316. The van der Waals surface area contributed by atoms with Gasteiger partial charge in [0, 0.05) is 0 Å². The number of aromatic amines is 2. The Morgan fingerprint density at radius 3 is 2.64 bits per heavy atom. The summed E-state index contributed by atoms with van der Waals surface area (Å²) in [6.07, 6.45) is -9.58. The molecule has 6 rings (SSSR count). The number of fused-ring (bicyclic) bond motifs is 2. The highest BCUT2D eigenvalue weighted by Crippen LogP contribution is 2.58. The number of nitrogens with zero attached hydrogens (tertiary/aromatic N) is 7. The van der Waals surface area contributed by atoms with Crippen molar-refractivity contribution in [2.24, 2.45) is 0 Å². The number of aliphatic hydroxyl groups is 1. The Morgan fingerprint density at radius 1 is 1.16 bits per heavy atom. The van der Waals surface area contributed by atoms with Crippen LogP contribution in [0.2, 0.25) is 0 Å². The molecular formula is C19H21F2N10O9P2S2+. The number of anilines is 1. The number of halogens is 2. The summed E-state index contributed by atoms with van der Waals surface area (Å²) in [5.41, 5.74) is 1.93. The summed E-state index contributed by atoms with van der Waals surface area (Å²) in [5, 5.41) is 17.2. The maximum Gasteiger partial charge on any atom is 0.582 e. The third kappa shape index (κ3) is 5.36. The summed E-state index contributed by atoms with van der Waals surface area (Å²) >= 11 is 9.01. The van der Waals surface area contributed by atoms with Gasteiger partial charge >= 0.3 is 7.23 Å². The molecule has 2 aliphatic heterocycles. The highest BCUT2D eigenvalue weighted by Gasteiger charge is 2.56. The number of rotatable bonds is 9. The Balaban J connectivity index is 1.29. The highest BCUT2D eigenvalue weighted by atomic mass is 32.7. The number of aliphatic hydroxyl groups excluding tert-OH is 1. The molecule has 25 heteroatoms. The molecule has 0 radical (unpaired) electrons. The van der Waals surface area contributed by atoms with Crippen LogP contribution in [0.4, 0.5) is 14.7 Å². The summed E-state index contributed by atoms with van der Waals surface area (Å²) in [4.78, 5) is 52.1. The van der Waals surface area contributed by atoms with Crippen LogP contribution < -0.4 is 16.9 Å². The van der Waals surface area contributed by atoms with E-state index in [0.717, 1.165) is 21.9 Å². The summed E-state index contributed by atoms with van der Waals surface area (Å²) in [7, 11) is -2.68. The largest absolute Gasteiger partial charge is 0.582 e. The van der Waals surface area contributed by atoms with E-state index in [0.29, 0.717) is 0 Å². The summed E-state index contributed by atoms with van der Waals surface area (Å²) in [6, 6.07) is 0. The molecule has 2 saturated heterocycles. The lowest BCUT2D eigenvalue weighted by atomic mass is 10.1. The quantitative estimate of drug-likeness (QED) is 0.0938. The van der Waals surface area contributed by atoms with E-state index in [9.17, 15) is 24.2 Å². The van der Waals surface area contributed by atoms with E-state index in [-0.39, 0.29) is 28.3 Å². The Hall–Kier alpha value is -2.85. The number of aromatic nitrogens is 9. The van der Waals surface area contributed by atoms with Crippen LogP contribution in [0, 0.1) is 0 Å². The zero-order chi connectivity index (χ0) is 31.5. The van der Waals surface area contributed by atoms with Crippen LogP contribution in [0.15, 0.2) is 22.2 Å². The van der Waals surface area contributed by atoms with E-state index in [1.165, 1.54) is 0 Å². The molecule has 0 aromatic carbocycles. The first-order chi connectivity index (χ1) is 20.9. The minimum Gasteiger partial charge on any atom is -0.394 e. The first-order valence-corrected chi connectivity index (χ1v) is 17.5. The number of alkyl halides is 2. The molecule has 4 aromatic heterocycles. The fraction of sp³-hybridized carbons (Fsp3) is 0.526. The number of nitrogens with two attached hydrogens (primary N) is 1. The van der Waals surface area contributed by atoms with Crippen molar-refractivity contribution in [2.45, 2.75) is 48.8 Å². The first kappa shape index (κ1) is 31.1. The Bertz CT molecular complexity index is 1910. The third-order valence-corrected chi connectivity index (χ3v) is 10.5. The lowest BCUT2D eigenvalue weighted by molar-refractivity contribution is -0.0414. The van der Waals surface area contributed by atoms with E-state index in [2.05, 4.69) is 47.5 Å². The normalized spacial score (nSPS) is 30.7. The zero-order valence-electron chi connectivity index (χ0n) is 21.7. The second-order valence-electron chi connectivity index (χ2n) is 9.57. The van der Waals surface area contributed by atoms with Gasteiger partial charge in [0.05, 0.1) is 25.9 Å². The van der Waals surface area contributed by atoms with Gasteiger partial charge in [0.25, 0.3) is 11.1 Å². The molecule has 44 heavy (non-hydrogen) atoms. The van der Waals surface area contributed by atoms with Crippen LogP contribution >= 0.6 is 26.0 Å². The second-order valence-corrected chi connectivity index (χ2v) is 14.8. The molecule has 0 spiro atoms. The van der Waals surface area contributed by atoms with Gasteiger partial charge in [0.15, 0.2) is 53.6 Å². The van der Waals surface area contributed by atoms with Gasteiger partial charge in [-0.3, -0.25) is 19.1 Å². The molecule has 0 aliphatic carbocycles. The molecule has 4 aromatic rings. The first-order valence-electron chi connectivity index (χ1n) is 12.4. The minimum absolute atomic E-state index is 0.0290. The number of H-pyrrole nitrogens is 2. The van der Waals surface area contributed by atoms with Crippen molar-refractivity contribution in [3.8, 4) is 0 Å². The Labute approximate surface area is 253 Å². The van der Waals surface area contributed by atoms with E-state index < -0.39 is 86.8 Å². The van der Waals surface area contributed by atoms with Crippen molar-refractivity contribution < 1.29 is 41.9 Å². The molecule has 6 N–H and O–H groups in total. The van der Waals surface area contributed by atoms with E-state index in [4.69, 9.17) is 36.1 Å². The topological polar surface area (TPSA) is 260 Å². The van der Waals surface area contributed by atoms with Gasteiger partial charge < -0.3 is 34.7 Å². The van der Waals surface area contributed by atoms with Crippen molar-refractivity contribution in [1.29, 1.82) is 0 Å². The molecule has 19 nitrogen and oxygen atoms in total. The number of thiol groups is 1. The third-order valence-electron chi connectivity index (χ3n) is 6.98. The van der Waals surface area contributed by atoms with Crippen molar-refractivity contribution in [2.75, 3.05) is 18.9 Å². The predicted molar refractivity (Wildman–Crippen MR) is 151 cm³/mol. The van der Waals surface area contributed by atoms with Crippen molar-refractivity contribution in [1.82, 2.24) is 44.5 Å². The average Bonchev–Trinajstić information content (AvgIpc) is 3.72. The smallest absolute Gasteiger partial charge is 0.394 e. The van der Waals surface area contributed by atoms with Gasteiger partial charge in [-0.25, -0.2) is 18.7 Å². The molecule has 2 aliphatic rings. The predicted octanol–water partition coefficient (Wildman–Crippen LogP) is -0.647. The fourth-order valence-corrected chi connectivity index (χ4v) is 8.26.